The van der Waals surface area contributed by atoms with E-state index in [1.165, 1.54) is 4.90 Å². The van der Waals surface area contributed by atoms with Gasteiger partial charge in [-0.25, -0.2) is 4.79 Å². The summed E-state index contributed by atoms with van der Waals surface area (Å²) in [6.07, 6.45) is 0.563. The van der Waals surface area contributed by atoms with Crippen LogP contribution in [0.2, 0.25) is 0 Å². The molecule has 1 N–H and O–H groups in total. The maximum Gasteiger partial charge on any atom is 1.00 e. The number of nitrogens with zero attached hydrogens (tertiary/aromatic N) is 1. The summed E-state index contributed by atoms with van der Waals surface area (Å²) in [5.74, 6) is -2.22. The molecule has 0 bridgehead atoms. The topological polar surface area (TPSA) is 120 Å². The summed E-state index contributed by atoms with van der Waals surface area (Å²) in [6, 6.07) is 11.9. The van der Waals surface area contributed by atoms with Gasteiger partial charge in [-0.1, -0.05) is 24.3 Å². The molecule has 0 radical (unpaired) electrons. The summed E-state index contributed by atoms with van der Waals surface area (Å²) in [4.78, 5) is 38.8. The number of β-lactam (4-membered cyclic amide) rings is 1. The number of rotatable bonds is 4. The van der Waals surface area contributed by atoms with Crippen LogP contribution in [0.4, 0.5) is 0 Å². The first-order valence-corrected chi connectivity index (χ1v) is 11.5. The van der Waals surface area contributed by atoms with E-state index < -0.39 is 41.7 Å². The van der Waals surface area contributed by atoms with E-state index in [-0.39, 0.29) is 41.2 Å². The van der Waals surface area contributed by atoms with E-state index in [0.717, 1.165) is 6.42 Å². The number of carboxylic acids is 1. The normalized spacial score (nSPS) is 26.1. The van der Waals surface area contributed by atoms with Gasteiger partial charge < -0.3 is 29.1 Å². The van der Waals surface area contributed by atoms with Crippen molar-refractivity contribution in [3.05, 3.63) is 64.2 Å². The second-order valence-electron chi connectivity index (χ2n) is 9.26. The molecule has 2 aromatic carbocycles. The van der Waals surface area contributed by atoms with Gasteiger partial charge in [-0.2, -0.15) is 0 Å². The fourth-order valence-corrected chi connectivity index (χ4v) is 6.09. The fourth-order valence-electron chi connectivity index (χ4n) is 6.09. The van der Waals surface area contributed by atoms with E-state index in [2.05, 4.69) is 0 Å². The van der Waals surface area contributed by atoms with Gasteiger partial charge in [0.2, 0.25) is 5.91 Å². The number of aliphatic hydroxyl groups is 1. The Morgan fingerprint density at radius 1 is 1.14 bits per heavy atom. The fraction of sp³-hybridized carbons (Fsp3) is 0.346. The molecule has 1 saturated heterocycles. The molecule has 2 fully saturated rings. The average Bonchev–Trinajstić information content (AvgIpc) is 3.11. The van der Waals surface area contributed by atoms with Gasteiger partial charge in [0.05, 0.1) is 35.1 Å². The molecule has 0 spiro atoms. The predicted octanol–water partition coefficient (Wildman–Crippen LogP) is -1.28. The summed E-state index contributed by atoms with van der Waals surface area (Å²) < 4.78 is 11.9. The van der Waals surface area contributed by atoms with E-state index in [1.54, 1.807) is 37.3 Å². The van der Waals surface area contributed by atoms with Gasteiger partial charge in [-0.3, -0.25) is 4.79 Å². The first kappa shape index (κ1) is 24.1. The molecule has 1 aromatic heterocycles. The number of benzene rings is 2. The van der Waals surface area contributed by atoms with Crippen LogP contribution in [0.1, 0.15) is 26.2 Å². The number of aliphatic carboxylic acids is 1. The Morgan fingerprint density at radius 2 is 1.89 bits per heavy atom. The zero-order chi connectivity index (χ0) is 23.7. The van der Waals surface area contributed by atoms with E-state index in [9.17, 15) is 24.6 Å². The average molecular weight is 483 g/mol. The molecule has 3 aliphatic rings. The molecule has 9 heteroatoms. The van der Waals surface area contributed by atoms with Crippen molar-refractivity contribution >= 4 is 33.6 Å². The van der Waals surface area contributed by atoms with Crippen LogP contribution < -0.4 is 45.0 Å². The standard InChI is InChI=1S/C26H23NO7.Na/c1-12(28)19-22-14-7-4-11-18(21(14)23(25(30)31)27(22)24(19)29)33-17-10-5-8-15-20(17)13-6-2-3-9-16(13)34-26(15)32;/h2-3,5-6,8-10,12,14,18-19,22,28H,4,7,11H2,1H3,(H,30,31);/q;+1/p-1/t12?,14-,18?,19?,22?;/m0./s1. The van der Waals surface area contributed by atoms with Crippen molar-refractivity contribution in [1.82, 2.24) is 4.90 Å². The minimum atomic E-state index is -1.42. The largest absolute Gasteiger partial charge is 1.00 e. The smallest absolute Gasteiger partial charge is 0.543 e. The van der Waals surface area contributed by atoms with E-state index in [1.807, 2.05) is 12.1 Å². The first-order valence-electron chi connectivity index (χ1n) is 11.5. The van der Waals surface area contributed by atoms with Gasteiger partial charge in [-0.05, 0) is 44.4 Å². The Labute approximate surface area is 222 Å². The third kappa shape index (κ3) is 3.46. The maximum atomic E-state index is 12.7. The van der Waals surface area contributed by atoms with Crippen LogP contribution in [0.5, 0.6) is 5.75 Å². The van der Waals surface area contributed by atoms with Crippen LogP contribution in [0.3, 0.4) is 0 Å². The van der Waals surface area contributed by atoms with Gasteiger partial charge in [-0.15, -0.1) is 0 Å². The molecule has 1 aliphatic carbocycles. The van der Waals surface area contributed by atoms with Crippen LogP contribution in [0.15, 0.2) is 62.9 Å². The van der Waals surface area contributed by atoms with Gasteiger partial charge in [0.1, 0.15) is 17.4 Å². The van der Waals surface area contributed by atoms with Gasteiger partial charge in [0.15, 0.2) is 0 Å². The molecule has 35 heavy (non-hydrogen) atoms. The first-order chi connectivity index (χ1) is 16.4. The van der Waals surface area contributed by atoms with Crippen molar-refractivity contribution in [2.75, 3.05) is 0 Å². The van der Waals surface area contributed by atoms with Gasteiger partial charge in [0, 0.05) is 22.3 Å². The Hall–Kier alpha value is -2.65. The van der Waals surface area contributed by atoms with Gasteiger partial charge in [0.25, 0.3) is 0 Å². The molecule has 1 amide bonds. The second kappa shape index (κ2) is 8.78. The molecular formula is C26H22NNaO7. The Balaban J connectivity index is 0.00000253. The van der Waals surface area contributed by atoms with E-state index >= 15 is 0 Å². The number of ether oxygens (including phenoxy) is 1. The summed E-state index contributed by atoms with van der Waals surface area (Å²) >= 11 is 0. The number of carbonyl (C=O) groups is 2. The number of carbonyl (C=O) groups excluding carboxylic acids is 2. The molecule has 174 valence electrons. The Morgan fingerprint density at radius 3 is 2.63 bits per heavy atom. The molecule has 8 nitrogen and oxygen atoms in total. The SMILES string of the molecule is CC(O)C1C(=O)N2C(C(=O)[O-])=C3C(Oc4cccc5c(=O)oc6ccccc6c45)CCC[C@@H]3C12.[Na+]. The minimum Gasteiger partial charge on any atom is -0.543 e. The van der Waals surface area contributed by atoms with Gasteiger partial charge >= 0.3 is 35.2 Å². The molecule has 2 aliphatic heterocycles. The van der Waals surface area contributed by atoms with Crippen molar-refractivity contribution in [2.45, 2.75) is 44.4 Å². The van der Waals surface area contributed by atoms with Crippen LogP contribution in [0.25, 0.3) is 21.7 Å². The zero-order valence-electron chi connectivity index (χ0n) is 19.4. The number of hydrogen-bond acceptors (Lipinski definition) is 7. The summed E-state index contributed by atoms with van der Waals surface area (Å²) in [6.45, 7) is 1.56. The van der Waals surface area contributed by atoms with Crippen LogP contribution in [-0.2, 0) is 9.59 Å². The number of fused-ring (bicyclic) bond motifs is 6. The quantitative estimate of drug-likeness (QED) is 0.213. The van der Waals surface area contributed by atoms with E-state index in [4.69, 9.17) is 9.15 Å². The molecule has 5 atom stereocenters. The number of hydrogen-bond donors (Lipinski definition) is 1. The zero-order valence-corrected chi connectivity index (χ0v) is 21.4. The number of amides is 1. The second-order valence-corrected chi connectivity index (χ2v) is 9.26. The molecule has 4 unspecified atom stereocenters. The molecule has 1 saturated carbocycles. The van der Waals surface area contributed by atoms with Crippen molar-refractivity contribution in [3.63, 3.8) is 0 Å². The minimum absolute atomic E-state index is 0. The number of para-hydroxylation sites is 1. The summed E-state index contributed by atoms with van der Waals surface area (Å²) in [7, 11) is 0. The molecular weight excluding hydrogens is 461 g/mol. The molecule has 3 aromatic rings. The van der Waals surface area contributed by atoms with Crippen LogP contribution >= 0.6 is 0 Å². The van der Waals surface area contributed by atoms with Crippen LogP contribution in [-0.4, -0.2) is 40.1 Å². The maximum absolute atomic E-state index is 12.7. The number of carboxylic acid groups (broad SMARTS) is 1. The Bertz CT molecular complexity index is 1460. The van der Waals surface area contributed by atoms with Crippen molar-refractivity contribution < 1.29 is 58.5 Å². The summed E-state index contributed by atoms with van der Waals surface area (Å²) in [5, 5.41) is 24.0. The van der Waals surface area contributed by atoms with Crippen molar-refractivity contribution in [3.8, 4) is 5.75 Å². The Kier molecular flexibility index (Phi) is 6.04. The predicted molar refractivity (Wildman–Crippen MR) is 120 cm³/mol. The van der Waals surface area contributed by atoms with Crippen molar-refractivity contribution in [2.24, 2.45) is 11.8 Å². The molecule has 6 rings (SSSR count). The van der Waals surface area contributed by atoms with Crippen molar-refractivity contribution in [1.29, 1.82) is 0 Å². The van der Waals surface area contributed by atoms with E-state index in [0.29, 0.717) is 45.9 Å². The summed E-state index contributed by atoms with van der Waals surface area (Å²) in [5.41, 5.74) is 0.358. The monoisotopic (exact) mass is 483 g/mol. The third-order valence-corrected chi connectivity index (χ3v) is 7.43. The third-order valence-electron chi connectivity index (χ3n) is 7.43. The molecule has 3 heterocycles. The number of aliphatic hydroxyl groups excluding tert-OH is 1. The van der Waals surface area contributed by atoms with Crippen LogP contribution in [0, 0.1) is 11.8 Å².